The summed E-state index contributed by atoms with van der Waals surface area (Å²) < 4.78 is 10.0. The minimum absolute atomic E-state index is 0.0870. The van der Waals surface area contributed by atoms with Gasteiger partial charge in [-0.25, -0.2) is 0 Å². The van der Waals surface area contributed by atoms with Crippen LogP contribution in [0.2, 0.25) is 0 Å². The monoisotopic (exact) mass is 213 g/mol. The third-order valence-corrected chi connectivity index (χ3v) is 2.91. The molecular formula is C11H19NO3. The number of ether oxygens (including phenoxy) is 2. The predicted molar refractivity (Wildman–Crippen MR) is 55.6 cm³/mol. The predicted octanol–water partition coefficient (Wildman–Crippen LogP) is 0.804. The summed E-state index contributed by atoms with van der Waals surface area (Å²) in [5.41, 5.74) is 0. The summed E-state index contributed by atoms with van der Waals surface area (Å²) in [6.07, 6.45) is 4.58. The van der Waals surface area contributed by atoms with Crippen LogP contribution < -0.4 is 0 Å². The van der Waals surface area contributed by atoms with Gasteiger partial charge < -0.3 is 14.4 Å². The molecule has 0 radical (unpaired) electrons. The number of epoxide rings is 1. The molecule has 0 bridgehead atoms. The first-order chi connectivity index (χ1) is 7.34. The molecule has 0 saturated carbocycles. The van der Waals surface area contributed by atoms with Crippen LogP contribution in [0.1, 0.15) is 25.7 Å². The molecule has 0 N–H and O–H groups in total. The summed E-state index contributed by atoms with van der Waals surface area (Å²) in [6.45, 7) is 4.32. The zero-order valence-corrected chi connectivity index (χ0v) is 9.11. The maximum atomic E-state index is 11.3. The Kier molecular flexibility index (Phi) is 3.97. The van der Waals surface area contributed by atoms with Gasteiger partial charge in [-0.05, 0) is 25.9 Å². The van der Waals surface area contributed by atoms with Crippen LogP contribution >= 0.6 is 0 Å². The fourth-order valence-corrected chi connectivity index (χ4v) is 1.85. The van der Waals surface area contributed by atoms with Crippen LogP contribution in [0.15, 0.2) is 0 Å². The summed E-state index contributed by atoms with van der Waals surface area (Å²) in [7, 11) is 0. The first-order valence-corrected chi connectivity index (χ1v) is 5.84. The third kappa shape index (κ3) is 4.18. The van der Waals surface area contributed by atoms with E-state index in [2.05, 4.69) is 4.90 Å². The molecule has 0 amide bonds. The van der Waals surface area contributed by atoms with E-state index in [1.165, 1.54) is 19.3 Å². The molecule has 86 valence electrons. The van der Waals surface area contributed by atoms with E-state index in [-0.39, 0.29) is 12.1 Å². The second-order valence-corrected chi connectivity index (χ2v) is 4.29. The van der Waals surface area contributed by atoms with Crippen LogP contribution in [-0.4, -0.2) is 49.8 Å². The number of piperidine rings is 1. The lowest BCUT2D eigenvalue weighted by Crippen LogP contribution is -2.32. The van der Waals surface area contributed by atoms with Gasteiger partial charge >= 0.3 is 5.97 Å². The molecule has 2 rings (SSSR count). The van der Waals surface area contributed by atoms with Crippen molar-refractivity contribution in [2.24, 2.45) is 0 Å². The molecular weight excluding hydrogens is 194 g/mol. The number of hydrogen-bond acceptors (Lipinski definition) is 4. The Labute approximate surface area is 90.5 Å². The topological polar surface area (TPSA) is 42.1 Å². The van der Waals surface area contributed by atoms with Crippen LogP contribution in [0.5, 0.6) is 0 Å². The van der Waals surface area contributed by atoms with Gasteiger partial charge in [-0.15, -0.1) is 0 Å². The maximum absolute atomic E-state index is 11.3. The van der Waals surface area contributed by atoms with Crippen LogP contribution in [0.25, 0.3) is 0 Å². The van der Waals surface area contributed by atoms with E-state index in [4.69, 9.17) is 9.47 Å². The smallest absolute Gasteiger partial charge is 0.307 e. The van der Waals surface area contributed by atoms with Crippen LogP contribution in [0.4, 0.5) is 0 Å². The SMILES string of the molecule is O=C(CCN1CCCCC1)OC[C@H]1CO1. The number of nitrogens with zero attached hydrogens (tertiary/aromatic N) is 1. The summed E-state index contributed by atoms with van der Waals surface area (Å²) in [5.74, 6) is -0.0870. The van der Waals surface area contributed by atoms with E-state index in [9.17, 15) is 4.79 Å². The lowest BCUT2D eigenvalue weighted by molar-refractivity contribution is -0.144. The zero-order valence-electron chi connectivity index (χ0n) is 9.11. The van der Waals surface area contributed by atoms with Crippen molar-refractivity contribution in [3.05, 3.63) is 0 Å². The molecule has 2 aliphatic heterocycles. The van der Waals surface area contributed by atoms with E-state index in [0.29, 0.717) is 13.0 Å². The fourth-order valence-electron chi connectivity index (χ4n) is 1.85. The number of rotatable bonds is 5. The molecule has 15 heavy (non-hydrogen) atoms. The molecule has 0 aliphatic carbocycles. The molecule has 1 atom stereocenters. The van der Waals surface area contributed by atoms with Crippen LogP contribution in [0, 0.1) is 0 Å². The number of hydrogen-bond donors (Lipinski definition) is 0. The molecule has 0 aromatic rings. The average molecular weight is 213 g/mol. The highest BCUT2D eigenvalue weighted by Crippen LogP contribution is 2.10. The van der Waals surface area contributed by atoms with Crippen molar-refractivity contribution in [1.82, 2.24) is 4.90 Å². The second-order valence-electron chi connectivity index (χ2n) is 4.29. The second kappa shape index (κ2) is 5.47. The van der Waals surface area contributed by atoms with Crippen molar-refractivity contribution in [3.63, 3.8) is 0 Å². The molecule has 2 aliphatic rings. The average Bonchev–Trinajstić information content (AvgIpc) is 3.09. The lowest BCUT2D eigenvalue weighted by Gasteiger charge is -2.25. The Bertz CT molecular complexity index is 210. The molecule has 2 fully saturated rings. The standard InChI is InChI=1S/C11H19NO3/c13-11(15-9-10-8-14-10)4-7-12-5-2-1-3-6-12/h10H,1-9H2/t10-/m1/s1. The van der Waals surface area contributed by atoms with Crippen molar-refractivity contribution >= 4 is 5.97 Å². The first kappa shape index (κ1) is 10.9. The molecule has 2 saturated heterocycles. The highest BCUT2D eigenvalue weighted by atomic mass is 16.6. The highest BCUT2D eigenvalue weighted by molar-refractivity contribution is 5.69. The van der Waals surface area contributed by atoms with Crippen molar-refractivity contribution in [2.45, 2.75) is 31.8 Å². The van der Waals surface area contributed by atoms with E-state index >= 15 is 0 Å². The van der Waals surface area contributed by atoms with Crippen molar-refractivity contribution in [2.75, 3.05) is 32.8 Å². The Morgan fingerprint density at radius 1 is 1.33 bits per heavy atom. The van der Waals surface area contributed by atoms with Gasteiger partial charge in [0.1, 0.15) is 12.7 Å². The van der Waals surface area contributed by atoms with Crippen molar-refractivity contribution in [3.8, 4) is 0 Å². The summed E-state index contributed by atoms with van der Waals surface area (Å²) >= 11 is 0. The largest absolute Gasteiger partial charge is 0.463 e. The Hall–Kier alpha value is -0.610. The number of carbonyl (C=O) groups is 1. The number of carbonyl (C=O) groups excluding carboxylic acids is 1. The van der Waals surface area contributed by atoms with Crippen LogP contribution in [-0.2, 0) is 14.3 Å². The van der Waals surface area contributed by atoms with E-state index in [0.717, 1.165) is 26.2 Å². The maximum Gasteiger partial charge on any atom is 0.307 e. The molecule has 4 nitrogen and oxygen atoms in total. The molecule has 2 heterocycles. The Morgan fingerprint density at radius 2 is 2.07 bits per heavy atom. The lowest BCUT2D eigenvalue weighted by atomic mass is 10.1. The zero-order chi connectivity index (χ0) is 10.5. The summed E-state index contributed by atoms with van der Waals surface area (Å²) in [5, 5.41) is 0. The minimum atomic E-state index is -0.0870. The van der Waals surface area contributed by atoms with Gasteiger partial charge in [0.2, 0.25) is 0 Å². The van der Waals surface area contributed by atoms with E-state index < -0.39 is 0 Å². The Balaban J connectivity index is 1.53. The van der Waals surface area contributed by atoms with Gasteiger partial charge in [-0.1, -0.05) is 6.42 Å². The number of likely N-dealkylation sites (tertiary alicyclic amines) is 1. The van der Waals surface area contributed by atoms with E-state index in [1.807, 2.05) is 0 Å². The van der Waals surface area contributed by atoms with Gasteiger partial charge in [0.15, 0.2) is 0 Å². The first-order valence-electron chi connectivity index (χ1n) is 5.84. The summed E-state index contributed by atoms with van der Waals surface area (Å²) in [4.78, 5) is 13.7. The quantitative estimate of drug-likeness (QED) is 0.500. The van der Waals surface area contributed by atoms with E-state index in [1.54, 1.807) is 0 Å². The third-order valence-electron chi connectivity index (χ3n) is 2.91. The normalized spacial score (nSPS) is 26.3. The molecule has 0 aromatic carbocycles. The van der Waals surface area contributed by atoms with Crippen molar-refractivity contribution in [1.29, 1.82) is 0 Å². The van der Waals surface area contributed by atoms with Gasteiger partial charge in [0.25, 0.3) is 0 Å². The van der Waals surface area contributed by atoms with Gasteiger partial charge in [-0.3, -0.25) is 4.79 Å². The summed E-state index contributed by atoms with van der Waals surface area (Å²) in [6, 6.07) is 0. The fraction of sp³-hybridized carbons (Fsp3) is 0.909. The molecule has 0 aromatic heterocycles. The van der Waals surface area contributed by atoms with Gasteiger partial charge in [-0.2, -0.15) is 0 Å². The van der Waals surface area contributed by atoms with Crippen molar-refractivity contribution < 1.29 is 14.3 Å². The van der Waals surface area contributed by atoms with Gasteiger partial charge in [0.05, 0.1) is 13.0 Å². The Morgan fingerprint density at radius 3 is 2.73 bits per heavy atom. The minimum Gasteiger partial charge on any atom is -0.463 e. The molecule has 0 spiro atoms. The molecule has 0 unspecified atom stereocenters. The molecule has 4 heteroatoms. The van der Waals surface area contributed by atoms with Gasteiger partial charge in [0, 0.05) is 6.54 Å². The highest BCUT2D eigenvalue weighted by Gasteiger charge is 2.24. The number of esters is 1. The van der Waals surface area contributed by atoms with Crippen LogP contribution in [0.3, 0.4) is 0 Å².